The van der Waals surface area contributed by atoms with Crippen molar-refractivity contribution < 1.29 is 18.3 Å². The van der Waals surface area contributed by atoms with Crippen molar-refractivity contribution in [2.75, 3.05) is 0 Å². The predicted octanol–water partition coefficient (Wildman–Crippen LogP) is 2.56. The van der Waals surface area contributed by atoms with Gasteiger partial charge in [-0.15, -0.1) is 0 Å². The molecule has 1 aromatic carbocycles. The molecule has 0 fully saturated rings. The highest BCUT2D eigenvalue weighted by Crippen LogP contribution is 2.33. The average molecular weight is 382 g/mol. The smallest absolute Gasteiger partial charge is 0.418 e. The molecule has 2 rings (SSSR count). The van der Waals surface area contributed by atoms with E-state index >= 15 is 0 Å². The molecule has 1 aromatic heterocycles. The molecule has 0 saturated heterocycles. The molecule has 1 N–H and O–H groups in total. The highest BCUT2D eigenvalue weighted by Gasteiger charge is 2.34. The van der Waals surface area contributed by atoms with Crippen LogP contribution >= 0.6 is 22.6 Å². The number of alkyl halides is 3. The van der Waals surface area contributed by atoms with Gasteiger partial charge in [0.15, 0.2) is 5.75 Å². The molecule has 0 aliphatic rings. The van der Waals surface area contributed by atoms with E-state index in [4.69, 9.17) is 0 Å². The molecule has 0 amide bonds. The van der Waals surface area contributed by atoms with Gasteiger partial charge in [0.05, 0.1) is 17.4 Å². The van der Waals surface area contributed by atoms with Gasteiger partial charge in [-0.2, -0.15) is 23.0 Å². The van der Waals surface area contributed by atoms with Gasteiger partial charge in [0.1, 0.15) is 3.57 Å². The molecule has 0 bridgehead atoms. The molecule has 19 heavy (non-hydrogen) atoms. The van der Waals surface area contributed by atoms with Crippen LogP contribution in [0.1, 0.15) is 5.56 Å². The minimum Gasteiger partial charge on any atom is -0.505 e. The molecule has 0 saturated carbocycles. The first-order valence-corrected chi connectivity index (χ1v) is 6.03. The van der Waals surface area contributed by atoms with Gasteiger partial charge in [-0.3, -0.25) is 4.79 Å². The van der Waals surface area contributed by atoms with Crippen LogP contribution < -0.4 is 5.56 Å². The van der Waals surface area contributed by atoms with Gasteiger partial charge in [-0.25, -0.2) is 0 Å². The Morgan fingerprint density at radius 2 is 1.89 bits per heavy atom. The summed E-state index contributed by atoms with van der Waals surface area (Å²) in [5.41, 5.74) is -2.15. The van der Waals surface area contributed by atoms with Crippen LogP contribution in [0.2, 0.25) is 0 Å². The van der Waals surface area contributed by atoms with Crippen LogP contribution in [-0.4, -0.2) is 14.9 Å². The highest BCUT2D eigenvalue weighted by molar-refractivity contribution is 14.1. The van der Waals surface area contributed by atoms with Crippen molar-refractivity contribution >= 4 is 22.6 Å². The Kier molecular flexibility index (Phi) is 3.52. The Morgan fingerprint density at radius 1 is 1.26 bits per heavy atom. The number of hydrogen-bond donors (Lipinski definition) is 1. The quantitative estimate of drug-likeness (QED) is 0.772. The molecule has 0 unspecified atom stereocenters. The van der Waals surface area contributed by atoms with E-state index in [1.54, 1.807) is 22.6 Å². The SMILES string of the molecule is O=c1c(I)c(O)cnn1-c1ccccc1C(F)(F)F. The summed E-state index contributed by atoms with van der Waals surface area (Å²) in [6.07, 6.45) is -3.67. The molecule has 0 spiro atoms. The molecule has 0 aliphatic heterocycles. The molecule has 0 atom stereocenters. The van der Waals surface area contributed by atoms with E-state index in [2.05, 4.69) is 5.10 Å². The Balaban J connectivity index is 2.74. The van der Waals surface area contributed by atoms with Crippen LogP contribution in [-0.2, 0) is 6.18 Å². The van der Waals surface area contributed by atoms with Crippen molar-refractivity contribution in [3.05, 3.63) is 49.9 Å². The number of aromatic hydroxyl groups is 1. The molecule has 2 aromatic rings. The predicted molar refractivity (Wildman–Crippen MR) is 69.2 cm³/mol. The number of nitrogens with zero attached hydrogens (tertiary/aromatic N) is 2. The summed E-state index contributed by atoms with van der Waals surface area (Å²) in [6, 6.07) is 4.61. The first-order chi connectivity index (χ1) is 8.82. The fraction of sp³-hybridized carbons (Fsp3) is 0.0909. The zero-order chi connectivity index (χ0) is 14.2. The van der Waals surface area contributed by atoms with Crippen molar-refractivity contribution in [2.45, 2.75) is 6.18 Å². The first kappa shape index (κ1) is 13.8. The molecule has 0 radical (unpaired) electrons. The maximum atomic E-state index is 12.9. The normalized spacial score (nSPS) is 11.6. The number of halogens is 4. The lowest BCUT2D eigenvalue weighted by atomic mass is 10.1. The monoisotopic (exact) mass is 382 g/mol. The summed E-state index contributed by atoms with van der Waals surface area (Å²) in [4.78, 5) is 11.8. The summed E-state index contributed by atoms with van der Waals surface area (Å²) in [7, 11) is 0. The third kappa shape index (κ3) is 2.57. The van der Waals surface area contributed by atoms with Gasteiger partial charge in [-0.1, -0.05) is 12.1 Å². The van der Waals surface area contributed by atoms with Crippen molar-refractivity contribution in [1.29, 1.82) is 0 Å². The summed E-state index contributed by atoms with van der Waals surface area (Å²) in [5.74, 6) is -0.369. The van der Waals surface area contributed by atoms with E-state index in [-0.39, 0.29) is 15.0 Å². The van der Waals surface area contributed by atoms with Crippen molar-refractivity contribution in [3.63, 3.8) is 0 Å². The second kappa shape index (κ2) is 4.83. The standard InChI is InChI=1S/C11H6F3IN2O2/c12-11(13,14)6-3-1-2-4-7(6)17-10(19)9(15)8(18)5-16-17/h1-5,18H. The zero-order valence-corrected chi connectivity index (χ0v) is 11.3. The van der Waals surface area contributed by atoms with E-state index in [1.165, 1.54) is 12.1 Å². The molecule has 8 heteroatoms. The maximum Gasteiger partial charge on any atom is 0.418 e. The summed E-state index contributed by atoms with van der Waals surface area (Å²) in [6.45, 7) is 0. The van der Waals surface area contributed by atoms with Crippen LogP contribution in [0.15, 0.2) is 35.3 Å². The van der Waals surface area contributed by atoms with Crippen molar-refractivity contribution in [3.8, 4) is 11.4 Å². The topological polar surface area (TPSA) is 55.1 Å². The number of benzene rings is 1. The van der Waals surface area contributed by atoms with Crippen LogP contribution in [0.3, 0.4) is 0 Å². The van der Waals surface area contributed by atoms with Gasteiger partial charge in [0, 0.05) is 0 Å². The average Bonchev–Trinajstić information content (AvgIpc) is 2.35. The summed E-state index contributed by atoms with van der Waals surface area (Å²) >= 11 is 1.55. The van der Waals surface area contributed by atoms with Gasteiger partial charge in [-0.05, 0) is 34.7 Å². The molecule has 100 valence electrons. The van der Waals surface area contributed by atoms with Gasteiger partial charge >= 0.3 is 6.18 Å². The van der Waals surface area contributed by atoms with E-state index in [0.717, 1.165) is 18.3 Å². The molecule has 0 aliphatic carbocycles. The Hall–Kier alpha value is -1.58. The largest absolute Gasteiger partial charge is 0.505 e. The van der Waals surface area contributed by atoms with Crippen LogP contribution in [0, 0.1) is 3.57 Å². The van der Waals surface area contributed by atoms with Crippen LogP contribution in [0.25, 0.3) is 5.69 Å². The van der Waals surface area contributed by atoms with Gasteiger partial charge < -0.3 is 5.11 Å². The number of aromatic nitrogens is 2. The van der Waals surface area contributed by atoms with E-state index < -0.39 is 17.3 Å². The van der Waals surface area contributed by atoms with Gasteiger partial charge in [0.25, 0.3) is 5.56 Å². The summed E-state index contributed by atoms with van der Waals surface area (Å²) in [5, 5.41) is 12.8. The van der Waals surface area contributed by atoms with E-state index in [9.17, 15) is 23.1 Å². The second-order valence-electron chi connectivity index (χ2n) is 3.58. The molecular weight excluding hydrogens is 376 g/mol. The highest BCUT2D eigenvalue weighted by atomic mass is 127. The third-order valence-corrected chi connectivity index (χ3v) is 3.35. The molecule has 1 heterocycles. The van der Waals surface area contributed by atoms with E-state index in [1.807, 2.05) is 0 Å². The number of para-hydroxylation sites is 1. The fourth-order valence-electron chi connectivity index (χ4n) is 1.49. The Morgan fingerprint density at radius 3 is 2.53 bits per heavy atom. The Bertz CT molecular complexity index is 682. The Labute approximate surface area is 118 Å². The third-order valence-electron chi connectivity index (χ3n) is 2.34. The van der Waals surface area contributed by atoms with Gasteiger partial charge in [0.2, 0.25) is 0 Å². The maximum absolute atomic E-state index is 12.9. The molecule has 4 nitrogen and oxygen atoms in total. The second-order valence-corrected chi connectivity index (χ2v) is 4.65. The number of rotatable bonds is 1. The lowest BCUT2D eigenvalue weighted by Crippen LogP contribution is -2.25. The fourth-order valence-corrected chi connectivity index (χ4v) is 1.86. The summed E-state index contributed by atoms with van der Waals surface area (Å²) < 4.78 is 39.1. The van der Waals surface area contributed by atoms with Crippen LogP contribution in [0.5, 0.6) is 5.75 Å². The number of hydrogen-bond acceptors (Lipinski definition) is 3. The first-order valence-electron chi connectivity index (χ1n) is 4.96. The van der Waals surface area contributed by atoms with Crippen LogP contribution in [0.4, 0.5) is 13.2 Å². The van der Waals surface area contributed by atoms with E-state index in [0.29, 0.717) is 4.68 Å². The lowest BCUT2D eigenvalue weighted by Gasteiger charge is -2.13. The minimum absolute atomic E-state index is 0.0930. The minimum atomic E-state index is -4.60. The zero-order valence-electron chi connectivity index (χ0n) is 9.15. The van der Waals surface area contributed by atoms with Crippen molar-refractivity contribution in [1.82, 2.24) is 9.78 Å². The lowest BCUT2D eigenvalue weighted by molar-refractivity contribution is -0.137. The van der Waals surface area contributed by atoms with Crippen molar-refractivity contribution in [2.24, 2.45) is 0 Å². The molecular formula is C11H6F3IN2O2.